The summed E-state index contributed by atoms with van der Waals surface area (Å²) in [7, 11) is 0. The lowest BCUT2D eigenvalue weighted by Gasteiger charge is -2.22. The van der Waals surface area contributed by atoms with Crippen molar-refractivity contribution in [2.24, 2.45) is 10.9 Å². The molecule has 0 rings (SSSR count). The van der Waals surface area contributed by atoms with E-state index in [9.17, 15) is 9.59 Å². The van der Waals surface area contributed by atoms with Crippen molar-refractivity contribution in [1.29, 1.82) is 0 Å². The van der Waals surface area contributed by atoms with Gasteiger partial charge < -0.3 is 26.0 Å². The summed E-state index contributed by atoms with van der Waals surface area (Å²) in [6, 6.07) is -0.0960. The zero-order chi connectivity index (χ0) is 20.2. The predicted octanol–water partition coefficient (Wildman–Crippen LogP) is 1.62. The van der Waals surface area contributed by atoms with E-state index in [1.807, 2.05) is 27.7 Å². The number of rotatable bonds is 9. The molecule has 0 spiro atoms. The summed E-state index contributed by atoms with van der Waals surface area (Å²) in [5.74, 6) is 0.815. The van der Waals surface area contributed by atoms with Gasteiger partial charge >= 0.3 is 6.09 Å². The maximum Gasteiger partial charge on any atom is 0.407 e. The first-order valence-corrected chi connectivity index (χ1v) is 9.33. The number of hydrogen-bond donors (Lipinski definition) is 4. The van der Waals surface area contributed by atoms with Crippen LogP contribution in [0.5, 0.6) is 0 Å². The molecule has 26 heavy (non-hydrogen) atoms. The Morgan fingerprint density at radius 3 is 2.27 bits per heavy atom. The van der Waals surface area contributed by atoms with Gasteiger partial charge in [-0.3, -0.25) is 4.79 Å². The molecule has 0 saturated carbocycles. The van der Waals surface area contributed by atoms with Crippen LogP contribution in [-0.2, 0) is 9.53 Å². The second-order valence-corrected chi connectivity index (χ2v) is 7.57. The predicted molar refractivity (Wildman–Crippen MR) is 105 cm³/mol. The van der Waals surface area contributed by atoms with E-state index in [4.69, 9.17) is 4.74 Å². The molecule has 0 saturated heterocycles. The summed E-state index contributed by atoms with van der Waals surface area (Å²) in [5.41, 5.74) is -0.287. The number of alkyl carbamates (subject to hydrolysis) is 1. The van der Waals surface area contributed by atoms with E-state index in [1.54, 1.807) is 6.92 Å². The van der Waals surface area contributed by atoms with Crippen LogP contribution in [0.1, 0.15) is 54.9 Å². The highest BCUT2D eigenvalue weighted by Gasteiger charge is 2.16. The molecule has 4 N–H and O–H groups in total. The van der Waals surface area contributed by atoms with Crippen LogP contribution < -0.4 is 21.3 Å². The average molecular weight is 372 g/mol. The minimum Gasteiger partial charge on any atom is -0.450 e. The van der Waals surface area contributed by atoms with Gasteiger partial charge in [0.1, 0.15) is 6.54 Å². The van der Waals surface area contributed by atoms with Crippen LogP contribution in [0.15, 0.2) is 4.99 Å². The van der Waals surface area contributed by atoms with Crippen LogP contribution in [0.4, 0.5) is 4.79 Å². The highest BCUT2D eigenvalue weighted by molar-refractivity contribution is 5.85. The van der Waals surface area contributed by atoms with Crippen molar-refractivity contribution in [2.75, 3.05) is 26.2 Å². The highest BCUT2D eigenvalue weighted by atomic mass is 16.5. The van der Waals surface area contributed by atoms with E-state index in [-0.39, 0.29) is 24.0 Å². The van der Waals surface area contributed by atoms with Gasteiger partial charge in [0.25, 0.3) is 0 Å². The summed E-state index contributed by atoms with van der Waals surface area (Å²) >= 11 is 0. The number of carbonyl (C=O) groups is 2. The lowest BCUT2D eigenvalue weighted by Crippen LogP contribution is -2.48. The first-order valence-electron chi connectivity index (χ1n) is 9.33. The van der Waals surface area contributed by atoms with Crippen LogP contribution in [-0.4, -0.2) is 55.8 Å². The molecule has 8 nitrogen and oxygen atoms in total. The zero-order valence-corrected chi connectivity index (χ0v) is 17.4. The summed E-state index contributed by atoms with van der Waals surface area (Å²) in [4.78, 5) is 27.9. The SMILES string of the molecule is CCNC(=NCC(=O)NC(C)(C)C)NCC(CC(C)C)NC(=O)OCC. The number of aliphatic imine (C=N–C) groups is 1. The van der Waals surface area contributed by atoms with Gasteiger partial charge in [-0.05, 0) is 47.0 Å². The summed E-state index contributed by atoms with van der Waals surface area (Å²) < 4.78 is 4.96. The Morgan fingerprint density at radius 1 is 1.12 bits per heavy atom. The van der Waals surface area contributed by atoms with Crippen molar-refractivity contribution < 1.29 is 14.3 Å². The number of guanidine groups is 1. The van der Waals surface area contributed by atoms with Crippen molar-refractivity contribution in [1.82, 2.24) is 21.3 Å². The molecule has 0 aromatic carbocycles. The quantitative estimate of drug-likeness (QED) is 0.364. The Labute approximate surface area is 157 Å². The molecule has 0 aliphatic heterocycles. The van der Waals surface area contributed by atoms with Gasteiger partial charge in [0.05, 0.1) is 6.61 Å². The Hall–Kier alpha value is -1.99. The molecular weight excluding hydrogens is 334 g/mol. The molecule has 1 unspecified atom stereocenters. The third-order valence-electron chi connectivity index (χ3n) is 3.11. The van der Waals surface area contributed by atoms with Gasteiger partial charge in [-0.15, -0.1) is 0 Å². The molecule has 8 heteroatoms. The number of amides is 2. The van der Waals surface area contributed by atoms with Gasteiger partial charge in [0, 0.05) is 24.7 Å². The molecule has 0 aliphatic carbocycles. The minimum atomic E-state index is -0.425. The average Bonchev–Trinajstić information content (AvgIpc) is 2.47. The fourth-order valence-electron chi connectivity index (χ4n) is 2.27. The van der Waals surface area contributed by atoms with Crippen molar-refractivity contribution in [3.8, 4) is 0 Å². The van der Waals surface area contributed by atoms with Crippen LogP contribution >= 0.6 is 0 Å². The van der Waals surface area contributed by atoms with Gasteiger partial charge in [-0.2, -0.15) is 0 Å². The van der Waals surface area contributed by atoms with Gasteiger partial charge in [-0.25, -0.2) is 9.79 Å². The lowest BCUT2D eigenvalue weighted by molar-refractivity contribution is -0.121. The smallest absolute Gasteiger partial charge is 0.407 e. The molecule has 0 radical (unpaired) electrons. The minimum absolute atomic E-state index is 0.0345. The topological polar surface area (TPSA) is 104 Å². The van der Waals surface area contributed by atoms with E-state index in [0.29, 0.717) is 31.6 Å². The fourth-order valence-corrected chi connectivity index (χ4v) is 2.27. The van der Waals surface area contributed by atoms with E-state index in [2.05, 4.69) is 40.1 Å². The molecule has 152 valence electrons. The second-order valence-electron chi connectivity index (χ2n) is 7.57. The molecule has 0 heterocycles. The molecule has 0 aliphatic rings. The van der Waals surface area contributed by atoms with E-state index in [0.717, 1.165) is 6.42 Å². The van der Waals surface area contributed by atoms with Gasteiger partial charge in [0.15, 0.2) is 5.96 Å². The van der Waals surface area contributed by atoms with Gasteiger partial charge in [-0.1, -0.05) is 13.8 Å². The second kappa shape index (κ2) is 12.4. The van der Waals surface area contributed by atoms with Crippen molar-refractivity contribution in [3.05, 3.63) is 0 Å². The van der Waals surface area contributed by atoms with Crippen LogP contribution in [0.2, 0.25) is 0 Å². The standard InChI is InChI=1S/C18H37N5O3/c1-8-19-16(21-12-15(24)23-18(5,6)7)20-11-14(10-13(3)4)22-17(25)26-9-2/h13-14H,8-12H2,1-7H3,(H,22,25)(H,23,24)(H2,19,20,21). The first-order chi connectivity index (χ1) is 12.1. The summed E-state index contributed by atoms with van der Waals surface area (Å²) in [6.07, 6.45) is 0.377. The third-order valence-corrected chi connectivity index (χ3v) is 3.11. The summed E-state index contributed by atoms with van der Waals surface area (Å²) in [6.45, 7) is 15.2. The molecule has 2 amide bonds. The monoisotopic (exact) mass is 371 g/mol. The number of nitrogens with one attached hydrogen (secondary N) is 4. The molecule has 0 bridgehead atoms. The molecule has 0 aromatic heterocycles. The third kappa shape index (κ3) is 13.3. The van der Waals surface area contributed by atoms with Crippen molar-refractivity contribution in [2.45, 2.75) is 66.5 Å². The number of nitrogens with zero attached hydrogens (tertiary/aromatic N) is 1. The van der Waals surface area contributed by atoms with E-state index >= 15 is 0 Å². The Kier molecular flexibility index (Phi) is 11.4. The largest absolute Gasteiger partial charge is 0.450 e. The van der Waals surface area contributed by atoms with Gasteiger partial charge in [0.2, 0.25) is 5.91 Å². The summed E-state index contributed by atoms with van der Waals surface area (Å²) in [5, 5.41) is 12.0. The zero-order valence-electron chi connectivity index (χ0n) is 17.4. The van der Waals surface area contributed by atoms with Crippen LogP contribution in [0.3, 0.4) is 0 Å². The van der Waals surface area contributed by atoms with Crippen molar-refractivity contribution in [3.63, 3.8) is 0 Å². The number of carbonyl (C=O) groups excluding carboxylic acids is 2. The Bertz CT molecular complexity index is 458. The van der Waals surface area contributed by atoms with E-state index < -0.39 is 6.09 Å². The molecule has 0 fully saturated rings. The van der Waals surface area contributed by atoms with E-state index in [1.165, 1.54) is 0 Å². The maximum atomic E-state index is 11.9. The van der Waals surface area contributed by atoms with Crippen molar-refractivity contribution >= 4 is 18.0 Å². The Morgan fingerprint density at radius 2 is 1.77 bits per heavy atom. The fraction of sp³-hybridized carbons (Fsp3) is 0.833. The molecule has 0 aromatic rings. The van der Waals surface area contributed by atoms with Crippen LogP contribution in [0, 0.1) is 5.92 Å². The van der Waals surface area contributed by atoms with Crippen LogP contribution in [0.25, 0.3) is 0 Å². The molecule has 1 atom stereocenters. The molecular formula is C18H37N5O3. The maximum absolute atomic E-state index is 11.9. The highest BCUT2D eigenvalue weighted by Crippen LogP contribution is 2.04. The normalized spacial score (nSPS) is 13.2. The first kappa shape index (κ1) is 24.0. The Balaban J connectivity index is 4.74. The number of ether oxygens (including phenoxy) is 1. The lowest BCUT2D eigenvalue weighted by atomic mass is 10.0. The number of hydrogen-bond acceptors (Lipinski definition) is 4.